The molecule has 2 aromatic rings. The lowest BCUT2D eigenvalue weighted by molar-refractivity contribution is 0.603. The van der Waals surface area contributed by atoms with Crippen molar-refractivity contribution in [2.75, 3.05) is 4.72 Å². The number of thiophene rings is 1. The van der Waals surface area contributed by atoms with Gasteiger partial charge in [0.1, 0.15) is 0 Å². The zero-order valence-corrected chi connectivity index (χ0v) is 13.4. The standard InChI is InChI=1S/C10H6BrCl2NO2S2/c11-6-4-5-17-10(6)18(15,16)14-8-3-1-2-7(12)9(8)13/h1-5,14H. The van der Waals surface area contributed by atoms with E-state index in [1.54, 1.807) is 29.6 Å². The number of sulfonamides is 1. The second kappa shape index (κ2) is 5.38. The molecule has 0 aliphatic heterocycles. The van der Waals surface area contributed by atoms with E-state index in [1.165, 1.54) is 0 Å². The summed E-state index contributed by atoms with van der Waals surface area (Å²) in [7, 11) is -3.66. The highest BCUT2D eigenvalue weighted by atomic mass is 79.9. The van der Waals surface area contributed by atoms with E-state index >= 15 is 0 Å². The molecule has 0 aliphatic carbocycles. The summed E-state index contributed by atoms with van der Waals surface area (Å²) < 4.78 is 27.3. The van der Waals surface area contributed by atoms with Crippen molar-refractivity contribution in [1.82, 2.24) is 0 Å². The summed E-state index contributed by atoms with van der Waals surface area (Å²) in [5.74, 6) is 0. The molecular formula is C10H6BrCl2NO2S2. The molecule has 0 radical (unpaired) electrons. The van der Waals surface area contributed by atoms with Crippen LogP contribution in [0.4, 0.5) is 5.69 Å². The van der Waals surface area contributed by atoms with Crippen molar-refractivity contribution in [1.29, 1.82) is 0 Å². The second-order valence-corrected chi connectivity index (χ2v) is 7.70. The number of anilines is 1. The molecular weight excluding hydrogens is 381 g/mol. The van der Waals surface area contributed by atoms with Gasteiger partial charge in [-0.15, -0.1) is 11.3 Å². The highest BCUT2D eigenvalue weighted by molar-refractivity contribution is 9.10. The lowest BCUT2D eigenvalue weighted by atomic mass is 10.3. The van der Waals surface area contributed by atoms with E-state index in [9.17, 15) is 8.42 Å². The average Bonchev–Trinajstić information content (AvgIpc) is 2.72. The molecule has 0 unspecified atom stereocenters. The Balaban J connectivity index is 2.40. The Kier molecular flexibility index (Phi) is 4.23. The molecule has 0 amide bonds. The quantitative estimate of drug-likeness (QED) is 0.836. The Labute approximate surface area is 127 Å². The monoisotopic (exact) mass is 385 g/mol. The van der Waals surface area contributed by atoms with Gasteiger partial charge < -0.3 is 0 Å². The summed E-state index contributed by atoms with van der Waals surface area (Å²) >= 11 is 16.1. The van der Waals surface area contributed by atoms with Crippen molar-refractivity contribution < 1.29 is 8.42 Å². The van der Waals surface area contributed by atoms with Gasteiger partial charge in [-0.1, -0.05) is 29.3 Å². The molecule has 1 aromatic heterocycles. The fraction of sp³-hybridized carbons (Fsp3) is 0. The molecule has 0 fully saturated rings. The van der Waals surface area contributed by atoms with Crippen LogP contribution < -0.4 is 4.72 Å². The maximum absolute atomic E-state index is 12.1. The lowest BCUT2D eigenvalue weighted by Crippen LogP contribution is -2.12. The largest absolute Gasteiger partial charge is 0.277 e. The normalized spacial score (nSPS) is 11.5. The highest BCUT2D eigenvalue weighted by Crippen LogP contribution is 2.33. The fourth-order valence-corrected chi connectivity index (χ4v) is 5.06. The Morgan fingerprint density at radius 3 is 2.56 bits per heavy atom. The van der Waals surface area contributed by atoms with Gasteiger partial charge in [0.15, 0.2) is 4.21 Å². The summed E-state index contributed by atoms with van der Waals surface area (Å²) in [4.78, 5) is 0. The molecule has 0 saturated carbocycles. The summed E-state index contributed by atoms with van der Waals surface area (Å²) in [5.41, 5.74) is 0.254. The zero-order chi connectivity index (χ0) is 13.3. The fourth-order valence-electron chi connectivity index (χ4n) is 1.25. The van der Waals surface area contributed by atoms with E-state index in [0.29, 0.717) is 9.50 Å². The van der Waals surface area contributed by atoms with Crippen molar-refractivity contribution in [3.8, 4) is 0 Å². The van der Waals surface area contributed by atoms with Crippen LogP contribution in [-0.2, 0) is 10.0 Å². The van der Waals surface area contributed by atoms with Crippen LogP contribution in [0.5, 0.6) is 0 Å². The van der Waals surface area contributed by atoms with Crippen LogP contribution in [0.3, 0.4) is 0 Å². The molecule has 1 heterocycles. The Hall–Kier alpha value is -0.270. The first-order valence-corrected chi connectivity index (χ1v) is 8.53. The topological polar surface area (TPSA) is 46.2 Å². The predicted molar refractivity (Wildman–Crippen MR) is 79.3 cm³/mol. The van der Waals surface area contributed by atoms with Gasteiger partial charge in [-0.05, 0) is 39.5 Å². The lowest BCUT2D eigenvalue weighted by Gasteiger charge is -2.09. The molecule has 8 heteroatoms. The minimum atomic E-state index is -3.66. The summed E-state index contributed by atoms with van der Waals surface area (Å²) in [5, 5.41) is 2.15. The van der Waals surface area contributed by atoms with Gasteiger partial charge in [0.2, 0.25) is 0 Å². The van der Waals surface area contributed by atoms with Crippen molar-refractivity contribution in [2.24, 2.45) is 0 Å². The third kappa shape index (κ3) is 2.83. The van der Waals surface area contributed by atoms with E-state index in [1.807, 2.05) is 0 Å². The predicted octanol–water partition coefficient (Wildman–Crippen LogP) is 4.62. The number of rotatable bonds is 3. The van der Waals surface area contributed by atoms with E-state index in [0.717, 1.165) is 11.3 Å². The average molecular weight is 387 g/mol. The van der Waals surface area contributed by atoms with Crippen molar-refractivity contribution in [3.63, 3.8) is 0 Å². The second-order valence-electron chi connectivity index (χ2n) is 3.26. The molecule has 1 N–H and O–H groups in total. The molecule has 0 spiro atoms. The van der Waals surface area contributed by atoms with Crippen molar-refractivity contribution in [2.45, 2.75) is 4.21 Å². The maximum Gasteiger partial charge on any atom is 0.272 e. The number of hydrogen-bond donors (Lipinski definition) is 1. The van der Waals surface area contributed by atoms with Gasteiger partial charge in [0.05, 0.1) is 15.7 Å². The number of benzene rings is 1. The van der Waals surface area contributed by atoms with Gasteiger partial charge in [0, 0.05) is 4.47 Å². The molecule has 2 rings (SSSR count). The summed E-state index contributed by atoms with van der Waals surface area (Å²) in [6.45, 7) is 0. The van der Waals surface area contributed by atoms with E-state index in [-0.39, 0.29) is 14.9 Å². The van der Waals surface area contributed by atoms with Crippen LogP contribution in [0.15, 0.2) is 38.3 Å². The summed E-state index contributed by atoms with van der Waals surface area (Å²) in [6, 6.07) is 6.42. The smallest absolute Gasteiger partial charge is 0.272 e. The SMILES string of the molecule is O=S(=O)(Nc1cccc(Cl)c1Cl)c1sccc1Br. The van der Waals surface area contributed by atoms with Gasteiger partial charge in [-0.3, -0.25) is 4.72 Å². The third-order valence-electron chi connectivity index (χ3n) is 2.02. The van der Waals surface area contributed by atoms with Crippen LogP contribution >= 0.6 is 50.5 Å². The Bertz CT molecular complexity index is 685. The molecule has 1 aromatic carbocycles. The first-order valence-electron chi connectivity index (χ1n) is 4.61. The molecule has 18 heavy (non-hydrogen) atoms. The number of halogens is 3. The number of hydrogen-bond acceptors (Lipinski definition) is 3. The number of nitrogens with one attached hydrogen (secondary N) is 1. The van der Waals surface area contributed by atoms with E-state index in [2.05, 4.69) is 20.7 Å². The molecule has 96 valence electrons. The van der Waals surface area contributed by atoms with E-state index in [4.69, 9.17) is 23.2 Å². The molecule has 0 aliphatic rings. The first kappa shape index (κ1) is 14.1. The van der Waals surface area contributed by atoms with Crippen LogP contribution in [0.25, 0.3) is 0 Å². The van der Waals surface area contributed by atoms with Gasteiger partial charge >= 0.3 is 0 Å². The Morgan fingerprint density at radius 1 is 1.22 bits per heavy atom. The highest BCUT2D eigenvalue weighted by Gasteiger charge is 2.20. The molecule has 3 nitrogen and oxygen atoms in total. The minimum Gasteiger partial charge on any atom is -0.277 e. The van der Waals surface area contributed by atoms with Crippen LogP contribution in [0.1, 0.15) is 0 Å². The molecule has 0 atom stereocenters. The van der Waals surface area contributed by atoms with Crippen LogP contribution in [-0.4, -0.2) is 8.42 Å². The van der Waals surface area contributed by atoms with E-state index < -0.39 is 10.0 Å². The van der Waals surface area contributed by atoms with Gasteiger partial charge in [0.25, 0.3) is 10.0 Å². The van der Waals surface area contributed by atoms with Crippen molar-refractivity contribution in [3.05, 3.63) is 44.2 Å². The van der Waals surface area contributed by atoms with Crippen LogP contribution in [0, 0.1) is 0 Å². The summed E-state index contributed by atoms with van der Waals surface area (Å²) in [6.07, 6.45) is 0. The first-order chi connectivity index (χ1) is 8.42. The Morgan fingerprint density at radius 2 is 1.94 bits per heavy atom. The van der Waals surface area contributed by atoms with Crippen LogP contribution in [0.2, 0.25) is 10.0 Å². The maximum atomic E-state index is 12.1. The third-order valence-corrected chi connectivity index (χ3v) is 6.88. The minimum absolute atomic E-state index is 0.176. The van der Waals surface area contributed by atoms with Gasteiger partial charge in [-0.2, -0.15) is 0 Å². The van der Waals surface area contributed by atoms with Gasteiger partial charge in [-0.25, -0.2) is 8.42 Å². The zero-order valence-electron chi connectivity index (χ0n) is 8.65. The van der Waals surface area contributed by atoms with Crippen molar-refractivity contribution >= 4 is 66.2 Å². The molecule has 0 saturated heterocycles. The molecule has 0 bridgehead atoms.